The van der Waals surface area contributed by atoms with Crippen LogP contribution in [-0.4, -0.2) is 31.3 Å². The highest BCUT2D eigenvalue weighted by molar-refractivity contribution is 7.10. The second-order valence-electron chi connectivity index (χ2n) is 5.45. The average Bonchev–Trinajstić information content (AvgIpc) is 3.10. The van der Waals surface area contributed by atoms with Gasteiger partial charge >= 0.3 is 6.03 Å². The third-order valence-corrected chi connectivity index (χ3v) is 4.67. The number of ether oxygens (including phenoxy) is 1. The SMILES string of the molecule is CO[C@H](CNC(=O)NC[C@](C)(O)c1cccs1)c1ccccc1. The van der Waals surface area contributed by atoms with Crippen LogP contribution in [0.2, 0.25) is 0 Å². The molecule has 124 valence electrons. The van der Waals surface area contributed by atoms with Gasteiger partial charge in [-0.25, -0.2) is 4.79 Å². The molecule has 1 aromatic heterocycles. The molecule has 6 heteroatoms. The van der Waals surface area contributed by atoms with Crippen molar-refractivity contribution in [1.29, 1.82) is 0 Å². The number of carbonyl (C=O) groups excluding carboxylic acids is 1. The Balaban J connectivity index is 1.81. The lowest BCUT2D eigenvalue weighted by Crippen LogP contribution is -2.44. The van der Waals surface area contributed by atoms with Gasteiger partial charge in [0.2, 0.25) is 0 Å². The molecule has 0 spiro atoms. The summed E-state index contributed by atoms with van der Waals surface area (Å²) in [5.41, 5.74) is -0.0770. The van der Waals surface area contributed by atoms with Crippen molar-refractivity contribution < 1.29 is 14.6 Å². The molecule has 0 saturated carbocycles. The van der Waals surface area contributed by atoms with Crippen LogP contribution in [-0.2, 0) is 10.3 Å². The molecule has 2 amide bonds. The number of rotatable bonds is 7. The van der Waals surface area contributed by atoms with Crippen molar-refractivity contribution in [2.75, 3.05) is 20.2 Å². The van der Waals surface area contributed by atoms with Crippen LogP contribution < -0.4 is 10.6 Å². The summed E-state index contributed by atoms with van der Waals surface area (Å²) in [5, 5.41) is 17.7. The minimum Gasteiger partial charge on any atom is -0.383 e. The van der Waals surface area contributed by atoms with Crippen LogP contribution in [0.3, 0.4) is 0 Å². The topological polar surface area (TPSA) is 70.6 Å². The van der Waals surface area contributed by atoms with Crippen LogP contribution in [0.1, 0.15) is 23.5 Å². The molecule has 0 bridgehead atoms. The summed E-state index contributed by atoms with van der Waals surface area (Å²) in [5.74, 6) is 0. The summed E-state index contributed by atoms with van der Waals surface area (Å²) in [6.07, 6.45) is -0.209. The Morgan fingerprint density at radius 2 is 2.00 bits per heavy atom. The van der Waals surface area contributed by atoms with Crippen LogP contribution in [0.4, 0.5) is 4.79 Å². The van der Waals surface area contributed by atoms with Gasteiger partial charge in [-0.05, 0) is 23.9 Å². The number of thiophene rings is 1. The predicted octanol–water partition coefficient (Wildman–Crippen LogP) is 2.64. The zero-order chi connectivity index (χ0) is 16.7. The summed E-state index contributed by atoms with van der Waals surface area (Å²) in [4.78, 5) is 12.7. The number of nitrogens with one attached hydrogen (secondary N) is 2. The predicted molar refractivity (Wildman–Crippen MR) is 91.5 cm³/mol. The van der Waals surface area contributed by atoms with Gasteiger partial charge in [0.05, 0.1) is 12.6 Å². The van der Waals surface area contributed by atoms with E-state index >= 15 is 0 Å². The molecule has 1 aromatic carbocycles. The fourth-order valence-electron chi connectivity index (χ4n) is 2.18. The molecule has 2 atom stereocenters. The van der Waals surface area contributed by atoms with Gasteiger partial charge in [0, 0.05) is 18.5 Å². The fraction of sp³-hybridized carbons (Fsp3) is 0.353. The van der Waals surface area contributed by atoms with Crippen molar-refractivity contribution in [1.82, 2.24) is 10.6 Å². The molecule has 0 unspecified atom stereocenters. The Morgan fingerprint density at radius 3 is 2.61 bits per heavy atom. The van der Waals surface area contributed by atoms with Crippen molar-refractivity contribution in [2.45, 2.75) is 18.6 Å². The number of methoxy groups -OCH3 is 1. The second-order valence-corrected chi connectivity index (χ2v) is 6.40. The zero-order valence-electron chi connectivity index (χ0n) is 13.3. The van der Waals surface area contributed by atoms with E-state index in [2.05, 4.69) is 10.6 Å². The highest BCUT2D eigenvalue weighted by Crippen LogP contribution is 2.24. The highest BCUT2D eigenvalue weighted by atomic mass is 32.1. The number of benzene rings is 1. The quantitative estimate of drug-likeness (QED) is 0.729. The van der Waals surface area contributed by atoms with E-state index in [1.807, 2.05) is 47.8 Å². The van der Waals surface area contributed by atoms with E-state index in [4.69, 9.17) is 4.74 Å². The van der Waals surface area contributed by atoms with Crippen molar-refractivity contribution in [3.8, 4) is 0 Å². The van der Waals surface area contributed by atoms with E-state index in [0.717, 1.165) is 10.4 Å². The molecule has 2 aromatic rings. The van der Waals surface area contributed by atoms with E-state index in [9.17, 15) is 9.90 Å². The Hall–Kier alpha value is -1.89. The van der Waals surface area contributed by atoms with Gasteiger partial charge in [0.25, 0.3) is 0 Å². The first kappa shape index (κ1) is 17.5. The number of hydrogen-bond acceptors (Lipinski definition) is 4. The summed E-state index contributed by atoms with van der Waals surface area (Å²) >= 11 is 1.46. The van der Waals surface area contributed by atoms with E-state index in [-0.39, 0.29) is 18.7 Å². The lowest BCUT2D eigenvalue weighted by Gasteiger charge is -2.23. The number of carbonyl (C=O) groups is 1. The van der Waals surface area contributed by atoms with Gasteiger partial charge < -0.3 is 20.5 Å². The maximum absolute atomic E-state index is 11.9. The molecule has 2 rings (SSSR count). The van der Waals surface area contributed by atoms with Gasteiger partial charge in [-0.1, -0.05) is 36.4 Å². The van der Waals surface area contributed by atoms with Gasteiger partial charge in [0.1, 0.15) is 5.60 Å². The minimum atomic E-state index is -1.08. The standard InChI is InChI=1S/C17H22N2O3S/c1-17(21,15-9-6-10-23-15)12-19-16(20)18-11-14(22-2)13-7-4-3-5-8-13/h3-10,14,21H,11-12H2,1-2H3,(H2,18,19,20)/t14-,17+/m1/s1. The van der Waals surface area contributed by atoms with Crippen molar-refractivity contribution in [3.63, 3.8) is 0 Å². The Labute approximate surface area is 140 Å². The monoisotopic (exact) mass is 334 g/mol. The summed E-state index contributed by atoms with van der Waals surface area (Å²) in [7, 11) is 1.61. The van der Waals surface area contributed by atoms with Crippen LogP contribution >= 0.6 is 11.3 Å². The van der Waals surface area contributed by atoms with Crippen molar-refractivity contribution in [2.24, 2.45) is 0 Å². The zero-order valence-corrected chi connectivity index (χ0v) is 14.1. The smallest absolute Gasteiger partial charge is 0.315 e. The second kappa shape index (κ2) is 8.10. The molecule has 3 N–H and O–H groups in total. The molecule has 0 radical (unpaired) electrons. The van der Waals surface area contributed by atoms with Gasteiger partial charge in [-0.3, -0.25) is 0 Å². The molecule has 0 aliphatic rings. The number of aliphatic hydroxyl groups is 1. The van der Waals surface area contributed by atoms with Crippen LogP contribution in [0.5, 0.6) is 0 Å². The summed E-state index contributed by atoms with van der Waals surface area (Å²) in [6, 6.07) is 13.1. The Kier molecular flexibility index (Phi) is 6.15. The average molecular weight is 334 g/mol. The third kappa shape index (κ3) is 5.06. The lowest BCUT2D eigenvalue weighted by molar-refractivity contribution is 0.0626. The molecule has 0 saturated heterocycles. The Bertz CT molecular complexity index is 600. The molecular formula is C17H22N2O3S. The summed E-state index contributed by atoms with van der Waals surface area (Å²) in [6.45, 7) is 2.18. The van der Waals surface area contributed by atoms with E-state index in [1.165, 1.54) is 11.3 Å². The van der Waals surface area contributed by atoms with E-state index in [0.29, 0.717) is 6.54 Å². The normalized spacial score (nSPS) is 14.7. The van der Waals surface area contributed by atoms with Crippen LogP contribution in [0, 0.1) is 0 Å². The number of amides is 2. The first-order valence-electron chi connectivity index (χ1n) is 7.39. The maximum Gasteiger partial charge on any atom is 0.315 e. The third-order valence-electron chi connectivity index (χ3n) is 3.55. The van der Waals surface area contributed by atoms with Gasteiger partial charge in [-0.15, -0.1) is 11.3 Å². The first-order valence-corrected chi connectivity index (χ1v) is 8.26. The molecule has 0 aliphatic carbocycles. The number of hydrogen-bond donors (Lipinski definition) is 3. The molecular weight excluding hydrogens is 312 g/mol. The maximum atomic E-state index is 11.9. The van der Waals surface area contributed by atoms with E-state index in [1.54, 1.807) is 14.0 Å². The molecule has 23 heavy (non-hydrogen) atoms. The molecule has 0 aliphatic heterocycles. The fourth-order valence-corrected chi connectivity index (χ4v) is 2.96. The molecule has 0 fully saturated rings. The Morgan fingerprint density at radius 1 is 1.26 bits per heavy atom. The van der Waals surface area contributed by atoms with Crippen LogP contribution in [0.25, 0.3) is 0 Å². The van der Waals surface area contributed by atoms with Crippen molar-refractivity contribution >= 4 is 17.4 Å². The largest absolute Gasteiger partial charge is 0.383 e. The molecule has 1 heterocycles. The van der Waals surface area contributed by atoms with Gasteiger partial charge in [-0.2, -0.15) is 0 Å². The molecule has 5 nitrogen and oxygen atoms in total. The van der Waals surface area contributed by atoms with Gasteiger partial charge in [0.15, 0.2) is 0 Å². The minimum absolute atomic E-state index is 0.141. The lowest BCUT2D eigenvalue weighted by atomic mass is 10.1. The van der Waals surface area contributed by atoms with Crippen molar-refractivity contribution in [3.05, 3.63) is 58.3 Å². The first-order chi connectivity index (χ1) is 11.0. The summed E-state index contributed by atoms with van der Waals surface area (Å²) < 4.78 is 5.40. The highest BCUT2D eigenvalue weighted by Gasteiger charge is 2.24. The van der Waals surface area contributed by atoms with Crippen LogP contribution in [0.15, 0.2) is 47.8 Å². The number of urea groups is 1. The van der Waals surface area contributed by atoms with E-state index < -0.39 is 5.60 Å².